The number of rotatable bonds is 0. The molecule has 0 nitrogen and oxygen atoms in total. The molecule has 0 spiro atoms. The molecule has 25 heavy (non-hydrogen) atoms. The van der Waals surface area contributed by atoms with E-state index in [4.69, 9.17) is 0 Å². The summed E-state index contributed by atoms with van der Waals surface area (Å²) >= 11 is 1.55. The Morgan fingerprint density at radius 1 is 1.00 bits per heavy atom. The van der Waals surface area contributed by atoms with Gasteiger partial charge in [0.2, 0.25) is 0 Å². The maximum atomic E-state index is 2.50. The number of halogens is 2. The molecule has 0 radical (unpaired) electrons. The van der Waals surface area contributed by atoms with Crippen LogP contribution in [0.3, 0.4) is 0 Å². The predicted molar refractivity (Wildman–Crippen MR) is 98.4 cm³/mol. The van der Waals surface area contributed by atoms with Crippen molar-refractivity contribution in [1.82, 2.24) is 0 Å². The van der Waals surface area contributed by atoms with Gasteiger partial charge >= 0.3 is 41.3 Å². The van der Waals surface area contributed by atoms with Crippen LogP contribution in [-0.2, 0) is 24.2 Å². The van der Waals surface area contributed by atoms with Gasteiger partial charge in [-0.25, -0.2) is 23.6 Å². The summed E-state index contributed by atoms with van der Waals surface area (Å²) in [6.45, 7) is 6.33. The maximum Gasteiger partial charge on any atom is -0.0327 e. The van der Waals surface area contributed by atoms with Crippen LogP contribution in [0.5, 0.6) is 0 Å². The van der Waals surface area contributed by atoms with Crippen LogP contribution in [0.15, 0.2) is 46.6 Å². The van der Waals surface area contributed by atoms with Crippen LogP contribution >= 0.6 is 0 Å². The van der Waals surface area contributed by atoms with Crippen molar-refractivity contribution in [3.63, 3.8) is 0 Å². The second-order valence-corrected chi connectivity index (χ2v) is 9.49. The molecule has 4 rings (SSSR count). The van der Waals surface area contributed by atoms with Crippen molar-refractivity contribution in [3.05, 3.63) is 58.5 Å². The zero-order chi connectivity index (χ0) is 16.7. The summed E-state index contributed by atoms with van der Waals surface area (Å²) in [7, 11) is 0. The fourth-order valence-electron chi connectivity index (χ4n) is 3.59. The van der Waals surface area contributed by atoms with Crippen LogP contribution in [0.25, 0.3) is 0 Å². The van der Waals surface area contributed by atoms with Crippen molar-refractivity contribution in [2.75, 3.05) is 0 Å². The summed E-state index contributed by atoms with van der Waals surface area (Å²) in [4.78, 5) is 0. The van der Waals surface area contributed by atoms with Gasteiger partial charge in [0, 0.05) is 0 Å². The summed E-state index contributed by atoms with van der Waals surface area (Å²) in [6.07, 6.45) is 13.6. The van der Waals surface area contributed by atoms with Crippen LogP contribution < -0.4 is 24.8 Å². The first-order valence-corrected chi connectivity index (χ1v) is 10.3. The third-order valence-electron chi connectivity index (χ3n) is 4.59. The Morgan fingerprint density at radius 3 is 2.20 bits per heavy atom. The third kappa shape index (κ3) is 8.51. The fourth-order valence-corrected chi connectivity index (χ4v) is 3.59. The van der Waals surface area contributed by atoms with Gasteiger partial charge in [0.15, 0.2) is 0 Å². The number of hydrogen-bond acceptors (Lipinski definition) is 0. The van der Waals surface area contributed by atoms with Gasteiger partial charge in [0.05, 0.1) is 0 Å². The van der Waals surface area contributed by atoms with E-state index in [1.165, 1.54) is 60.1 Å². The van der Waals surface area contributed by atoms with Gasteiger partial charge in [-0.2, -0.15) is 23.8 Å². The second kappa shape index (κ2) is 13.2. The van der Waals surface area contributed by atoms with Crippen LogP contribution in [0, 0.1) is 13.3 Å². The van der Waals surface area contributed by atoms with Crippen LogP contribution in [0.2, 0.25) is 0 Å². The first-order chi connectivity index (χ1) is 11.1. The third-order valence-corrected chi connectivity index (χ3v) is 4.59. The van der Waals surface area contributed by atoms with Crippen molar-refractivity contribution in [3.8, 4) is 0 Å². The molecular formula is C22H30Cl2Zr-2. The smallest absolute Gasteiger partial charge is 0.0327 e. The Labute approximate surface area is 182 Å². The van der Waals surface area contributed by atoms with E-state index in [1.54, 1.807) is 46.5 Å². The molecule has 0 N–H and O–H groups in total. The van der Waals surface area contributed by atoms with Crippen molar-refractivity contribution in [2.24, 2.45) is 0 Å². The molecule has 0 aliphatic heterocycles. The van der Waals surface area contributed by atoms with E-state index in [2.05, 4.69) is 39.3 Å². The molecule has 0 fully saturated rings. The maximum absolute atomic E-state index is 2.50. The standard InChI is InChI=1S/C13H17.C6H7.C3H6.2ClH.Zr/c1-3-7-12-10(5-1)9-11-6-2-4-8-13(11)12;1-6-4-2-3-5-6;1-3-2;;;/h5H,1-4,6-9H2;2-5H,1H3;1-2H3;2*1H;/q2*-1;;;;+2/p-2. The minimum Gasteiger partial charge on any atom is -1.00 e. The van der Waals surface area contributed by atoms with Gasteiger partial charge in [-0.3, -0.25) is 0 Å². The Morgan fingerprint density at radius 2 is 1.64 bits per heavy atom. The van der Waals surface area contributed by atoms with Crippen molar-refractivity contribution in [2.45, 2.75) is 72.1 Å². The fraction of sp³-hybridized carbons (Fsp3) is 0.500. The quantitative estimate of drug-likeness (QED) is 0.497. The molecule has 3 heteroatoms. The zero-order valence-electron chi connectivity index (χ0n) is 15.8. The molecule has 0 saturated carbocycles. The molecule has 0 aromatic heterocycles. The SMILES string of the molecule is C[C](C)=[Zr+2].Cc1cc[cH-]c1.[CH-]1CCCC2=C1CC1=C2CCCC1.[Cl-].[Cl-]. The largest absolute Gasteiger partial charge is 1.00 e. The van der Waals surface area contributed by atoms with E-state index < -0.39 is 0 Å². The molecule has 1 aromatic rings. The molecule has 3 aliphatic rings. The summed E-state index contributed by atoms with van der Waals surface area (Å²) in [5, 5.41) is 0. The number of fused-ring (bicyclic) bond motifs is 1. The molecule has 138 valence electrons. The van der Waals surface area contributed by atoms with E-state index in [-0.39, 0.29) is 24.8 Å². The monoisotopic (exact) mass is 454 g/mol. The van der Waals surface area contributed by atoms with Gasteiger partial charge < -0.3 is 24.8 Å². The van der Waals surface area contributed by atoms with Crippen molar-refractivity contribution < 1.29 is 49.0 Å². The molecule has 3 aliphatic carbocycles. The van der Waals surface area contributed by atoms with E-state index in [0.29, 0.717) is 0 Å². The molecule has 0 unspecified atom stereocenters. The van der Waals surface area contributed by atoms with Crippen LogP contribution in [0.4, 0.5) is 0 Å². The Hall–Kier alpha value is 0.0331. The van der Waals surface area contributed by atoms with Crippen LogP contribution in [0.1, 0.15) is 70.8 Å². The summed E-state index contributed by atoms with van der Waals surface area (Å²) in [5.74, 6) is 0. The number of hydrogen-bond donors (Lipinski definition) is 0. The summed E-state index contributed by atoms with van der Waals surface area (Å²) in [5.41, 5.74) is 8.40. The minimum atomic E-state index is 0. The normalized spacial score (nSPS) is 17.3. The molecular weight excluding hydrogens is 426 g/mol. The molecule has 0 atom stereocenters. The van der Waals surface area contributed by atoms with E-state index in [9.17, 15) is 0 Å². The van der Waals surface area contributed by atoms with Gasteiger partial charge in [-0.15, -0.1) is 12.0 Å². The Kier molecular flexibility index (Phi) is 13.3. The first kappa shape index (κ1) is 25.0. The summed E-state index contributed by atoms with van der Waals surface area (Å²) in [6, 6.07) is 8.24. The van der Waals surface area contributed by atoms with Crippen molar-refractivity contribution in [1.29, 1.82) is 0 Å². The van der Waals surface area contributed by atoms with Crippen molar-refractivity contribution >= 4 is 3.21 Å². The van der Waals surface area contributed by atoms with E-state index in [1.807, 2.05) is 12.1 Å². The van der Waals surface area contributed by atoms with Gasteiger partial charge in [-0.05, 0) is 25.7 Å². The number of aryl methyl sites for hydroxylation is 1. The van der Waals surface area contributed by atoms with Gasteiger partial charge in [-0.1, -0.05) is 31.8 Å². The van der Waals surface area contributed by atoms with Gasteiger partial charge in [0.1, 0.15) is 0 Å². The topological polar surface area (TPSA) is 0 Å². The van der Waals surface area contributed by atoms with E-state index >= 15 is 0 Å². The first-order valence-electron chi connectivity index (χ1n) is 9.04. The minimum absolute atomic E-state index is 0. The average Bonchev–Trinajstić information content (AvgIpc) is 3.13. The zero-order valence-corrected chi connectivity index (χ0v) is 19.8. The van der Waals surface area contributed by atoms with Gasteiger partial charge in [0.25, 0.3) is 0 Å². The molecule has 0 heterocycles. The molecule has 1 aromatic carbocycles. The Bertz CT molecular complexity index is 545. The average molecular weight is 457 g/mol. The molecule has 0 bridgehead atoms. The molecule has 0 saturated heterocycles. The second-order valence-electron chi connectivity index (χ2n) is 7.03. The van der Waals surface area contributed by atoms with Crippen LogP contribution in [-0.4, -0.2) is 3.21 Å². The summed E-state index contributed by atoms with van der Waals surface area (Å²) < 4.78 is 1.51. The number of allylic oxidation sites excluding steroid dienone is 4. The predicted octanol–water partition coefficient (Wildman–Crippen LogP) is 0.413. The molecule has 0 amide bonds. The van der Waals surface area contributed by atoms with E-state index in [0.717, 1.165) is 0 Å². The Balaban J connectivity index is 0.000000410.